The Balaban J connectivity index is 1.93. The number of hydrogen-bond donors (Lipinski definition) is 0. The minimum absolute atomic E-state index is 0.0206. The van der Waals surface area contributed by atoms with E-state index in [0.29, 0.717) is 5.76 Å². The predicted octanol–water partition coefficient (Wildman–Crippen LogP) is 5.47. The van der Waals surface area contributed by atoms with Gasteiger partial charge in [-0.25, -0.2) is 0 Å². The van der Waals surface area contributed by atoms with E-state index in [9.17, 15) is 4.79 Å². The van der Waals surface area contributed by atoms with Crippen molar-refractivity contribution in [2.24, 2.45) is 0 Å². The lowest BCUT2D eigenvalue weighted by Crippen LogP contribution is -2.18. The third-order valence-corrected chi connectivity index (χ3v) is 5.05. The average Bonchev–Trinajstić information content (AvgIpc) is 2.62. The van der Waals surface area contributed by atoms with Gasteiger partial charge in [-0.15, -0.1) is 0 Å². The second kappa shape index (κ2) is 7.37. The molecule has 23 heavy (non-hydrogen) atoms. The summed E-state index contributed by atoms with van der Waals surface area (Å²) in [5.41, 5.74) is 2.30. The number of carbonyl (C=O) groups is 1. The molecule has 118 valence electrons. The van der Waals surface area contributed by atoms with Crippen LogP contribution in [0.15, 0.2) is 70.9 Å². The van der Waals surface area contributed by atoms with Crippen LogP contribution in [0.3, 0.4) is 0 Å². The first-order valence-electron chi connectivity index (χ1n) is 7.44. The molecule has 0 saturated heterocycles. The number of ether oxygens (including phenoxy) is 1. The number of carbonyl (C=O) groups excluding carboxylic acids is 1. The maximum absolute atomic E-state index is 12.1. The van der Waals surface area contributed by atoms with Crippen LogP contribution in [0, 0.1) is 0 Å². The summed E-state index contributed by atoms with van der Waals surface area (Å²) in [4.78, 5) is 12.1. The molecule has 0 bridgehead atoms. The summed E-state index contributed by atoms with van der Waals surface area (Å²) in [6.45, 7) is 0. The molecule has 0 N–H and O–H groups in total. The highest BCUT2D eigenvalue weighted by Gasteiger charge is 2.28. The Morgan fingerprint density at radius 3 is 2.43 bits per heavy atom. The van der Waals surface area contributed by atoms with Crippen LogP contribution >= 0.6 is 27.7 Å². The maximum Gasteiger partial charge on any atom is 0.253 e. The third-order valence-electron chi connectivity index (χ3n) is 3.95. The Bertz CT molecular complexity index is 710. The lowest BCUT2D eigenvalue weighted by molar-refractivity contribution is -0.112. The molecule has 0 saturated carbocycles. The summed E-state index contributed by atoms with van der Waals surface area (Å²) in [5, 5.41) is -0.0206. The lowest BCUT2D eigenvalue weighted by atomic mass is 9.88. The van der Waals surface area contributed by atoms with Gasteiger partial charge in [0.15, 0.2) is 5.76 Å². The first-order valence-corrected chi connectivity index (χ1v) is 9.46. The largest absolute Gasteiger partial charge is 0.481 e. The normalized spacial score (nSPS) is 20.5. The SMILES string of the molecule is CSC(=O)C1=C[C@H](c2ccccc2)C[C@@H](c2ccc(Br)cc2)O1. The molecule has 0 aromatic heterocycles. The zero-order valence-electron chi connectivity index (χ0n) is 12.7. The van der Waals surface area contributed by atoms with Crippen molar-refractivity contribution in [1.29, 1.82) is 0 Å². The molecule has 0 radical (unpaired) electrons. The fourth-order valence-electron chi connectivity index (χ4n) is 2.75. The van der Waals surface area contributed by atoms with Crippen LogP contribution < -0.4 is 0 Å². The molecule has 2 atom stereocenters. The van der Waals surface area contributed by atoms with E-state index >= 15 is 0 Å². The Morgan fingerprint density at radius 2 is 1.78 bits per heavy atom. The summed E-state index contributed by atoms with van der Waals surface area (Å²) in [6.07, 6.45) is 4.47. The van der Waals surface area contributed by atoms with Gasteiger partial charge in [0.2, 0.25) is 0 Å². The van der Waals surface area contributed by atoms with Crippen molar-refractivity contribution in [2.75, 3.05) is 6.26 Å². The minimum Gasteiger partial charge on any atom is -0.481 e. The number of thioether (sulfide) groups is 1. The zero-order valence-corrected chi connectivity index (χ0v) is 15.1. The van der Waals surface area contributed by atoms with Gasteiger partial charge in [0.05, 0.1) is 0 Å². The maximum atomic E-state index is 12.1. The molecule has 2 aromatic carbocycles. The molecule has 2 nitrogen and oxygen atoms in total. The molecule has 0 unspecified atom stereocenters. The van der Waals surface area contributed by atoms with Gasteiger partial charge in [0, 0.05) is 10.4 Å². The molecule has 1 heterocycles. The highest BCUT2D eigenvalue weighted by atomic mass is 79.9. The van der Waals surface area contributed by atoms with E-state index in [1.54, 1.807) is 6.26 Å². The van der Waals surface area contributed by atoms with E-state index < -0.39 is 0 Å². The molecule has 0 spiro atoms. The van der Waals surface area contributed by atoms with Gasteiger partial charge in [0.25, 0.3) is 5.12 Å². The number of hydrogen-bond acceptors (Lipinski definition) is 3. The van der Waals surface area contributed by atoms with Gasteiger partial charge in [-0.05, 0) is 42.0 Å². The van der Waals surface area contributed by atoms with Crippen LogP contribution in [0.1, 0.15) is 29.6 Å². The zero-order chi connectivity index (χ0) is 16.2. The van der Waals surface area contributed by atoms with Crippen molar-refractivity contribution >= 4 is 32.8 Å². The quantitative estimate of drug-likeness (QED) is 0.697. The number of allylic oxidation sites excluding steroid dienone is 1. The van der Waals surface area contributed by atoms with Crippen LogP contribution in [-0.4, -0.2) is 11.4 Å². The van der Waals surface area contributed by atoms with Crippen molar-refractivity contribution in [3.05, 3.63) is 82.0 Å². The number of rotatable bonds is 3. The van der Waals surface area contributed by atoms with E-state index in [-0.39, 0.29) is 17.1 Å². The summed E-state index contributed by atoms with van der Waals surface area (Å²) < 4.78 is 7.03. The average molecular weight is 389 g/mol. The second-order valence-electron chi connectivity index (χ2n) is 5.43. The molecular formula is C19H17BrO2S. The predicted molar refractivity (Wildman–Crippen MR) is 98.4 cm³/mol. The van der Waals surface area contributed by atoms with Crippen LogP contribution in [0.5, 0.6) is 0 Å². The van der Waals surface area contributed by atoms with E-state index in [4.69, 9.17) is 4.74 Å². The minimum atomic E-state index is -0.107. The fourth-order valence-corrected chi connectivity index (χ4v) is 3.33. The first-order chi connectivity index (χ1) is 11.2. The Hall–Kier alpha value is -1.52. The number of halogens is 1. The smallest absolute Gasteiger partial charge is 0.253 e. The Labute approximate surface area is 149 Å². The molecule has 0 fully saturated rings. The molecule has 0 aliphatic carbocycles. The monoisotopic (exact) mass is 388 g/mol. The first kappa shape index (κ1) is 16.3. The summed E-state index contributed by atoms with van der Waals surface area (Å²) >= 11 is 4.64. The topological polar surface area (TPSA) is 26.3 Å². The van der Waals surface area contributed by atoms with Crippen molar-refractivity contribution in [3.8, 4) is 0 Å². The van der Waals surface area contributed by atoms with Crippen LogP contribution in [0.2, 0.25) is 0 Å². The summed E-state index contributed by atoms with van der Waals surface area (Å²) in [6, 6.07) is 18.4. The molecular weight excluding hydrogens is 372 g/mol. The molecule has 1 aliphatic rings. The van der Waals surface area contributed by atoms with E-state index in [2.05, 4.69) is 28.1 Å². The Morgan fingerprint density at radius 1 is 1.09 bits per heavy atom. The Kier molecular flexibility index (Phi) is 5.23. The van der Waals surface area contributed by atoms with Crippen LogP contribution in [0.4, 0.5) is 0 Å². The summed E-state index contributed by atoms with van der Waals surface area (Å²) in [5.74, 6) is 0.648. The van der Waals surface area contributed by atoms with Crippen molar-refractivity contribution < 1.29 is 9.53 Å². The van der Waals surface area contributed by atoms with Gasteiger partial charge in [-0.1, -0.05) is 70.2 Å². The highest BCUT2D eigenvalue weighted by Crippen LogP contribution is 2.39. The summed E-state index contributed by atoms with van der Waals surface area (Å²) in [7, 11) is 0. The van der Waals surface area contributed by atoms with Crippen molar-refractivity contribution in [1.82, 2.24) is 0 Å². The van der Waals surface area contributed by atoms with E-state index in [1.807, 2.05) is 48.5 Å². The van der Waals surface area contributed by atoms with Crippen LogP contribution in [-0.2, 0) is 9.53 Å². The highest BCUT2D eigenvalue weighted by molar-refractivity contribution is 9.10. The van der Waals surface area contributed by atoms with Crippen LogP contribution in [0.25, 0.3) is 0 Å². The van der Waals surface area contributed by atoms with Gasteiger partial charge in [-0.3, -0.25) is 4.79 Å². The van der Waals surface area contributed by atoms with Gasteiger partial charge in [0.1, 0.15) is 6.10 Å². The number of benzene rings is 2. The fraction of sp³-hybridized carbons (Fsp3) is 0.211. The molecule has 3 rings (SSSR count). The van der Waals surface area contributed by atoms with Gasteiger partial charge in [-0.2, -0.15) is 0 Å². The van der Waals surface area contributed by atoms with Crippen molar-refractivity contribution in [2.45, 2.75) is 18.4 Å². The van der Waals surface area contributed by atoms with E-state index in [1.165, 1.54) is 17.3 Å². The molecule has 1 aliphatic heterocycles. The van der Waals surface area contributed by atoms with Gasteiger partial charge < -0.3 is 4.74 Å². The molecule has 2 aromatic rings. The second-order valence-corrected chi connectivity index (χ2v) is 7.13. The van der Waals surface area contributed by atoms with E-state index in [0.717, 1.165) is 16.5 Å². The molecule has 4 heteroatoms. The third kappa shape index (κ3) is 3.88. The molecule has 0 amide bonds. The van der Waals surface area contributed by atoms with Crippen molar-refractivity contribution in [3.63, 3.8) is 0 Å². The lowest BCUT2D eigenvalue weighted by Gasteiger charge is -2.29. The standard InChI is InChI=1S/C19H17BrO2S/c1-23-19(21)18-12-15(13-5-3-2-4-6-13)11-17(22-18)14-7-9-16(20)10-8-14/h2-10,12,15,17H,11H2,1H3/t15-,17+/m1/s1. The van der Waals surface area contributed by atoms with Gasteiger partial charge >= 0.3 is 0 Å².